The number of anilines is 1. The first-order valence-electron chi connectivity index (χ1n) is 8.45. The number of sulfonamides is 1. The third-order valence-corrected chi connectivity index (χ3v) is 5.14. The molecule has 0 fully saturated rings. The number of methoxy groups -OCH3 is 1. The van der Waals surface area contributed by atoms with E-state index < -0.39 is 28.7 Å². The number of benzene rings is 2. The second kappa shape index (κ2) is 9.63. The van der Waals surface area contributed by atoms with Gasteiger partial charge in [0.2, 0.25) is 15.9 Å². The molecule has 2 rings (SSSR count). The molecular weight excluding hydrogens is 425 g/mol. The van der Waals surface area contributed by atoms with E-state index >= 15 is 0 Å². The predicted octanol–water partition coefficient (Wildman–Crippen LogP) is 3.20. The third kappa shape index (κ3) is 6.49. The van der Waals surface area contributed by atoms with E-state index in [4.69, 9.17) is 9.47 Å². The normalized spacial score (nSPS) is 12.0. The molecule has 0 radical (unpaired) electrons. The van der Waals surface area contributed by atoms with Gasteiger partial charge in [-0.05, 0) is 43.0 Å². The molecule has 0 aliphatic rings. The van der Waals surface area contributed by atoms with Crippen molar-refractivity contribution in [3.05, 3.63) is 54.1 Å². The summed E-state index contributed by atoms with van der Waals surface area (Å²) in [4.78, 5) is 12.1. The Bertz CT molecular complexity index is 1040. The maximum absolute atomic E-state index is 12.4. The lowest BCUT2D eigenvalue weighted by Gasteiger charge is -2.13. The van der Waals surface area contributed by atoms with Crippen LogP contribution >= 0.6 is 0 Å². The number of para-hydroxylation sites is 2. The fourth-order valence-corrected chi connectivity index (χ4v) is 3.25. The molecule has 0 aliphatic heterocycles. The number of nitrogens with one attached hydrogen (secondary N) is 2. The fraction of sp³-hybridized carbons (Fsp3) is 0.211. The van der Waals surface area contributed by atoms with E-state index in [-0.39, 0.29) is 22.1 Å². The molecular formula is C19H19F3N2O5S. The van der Waals surface area contributed by atoms with Crippen LogP contribution in [0.2, 0.25) is 0 Å². The molecule has 0 spiro atoms. The minimum Gasteiger partial charge on any atom is -0.495 e. The van der Waals surface area contributed by atoms with Gasteiger partial charge in [0.05, 0.1) is 12.8 Å². The summed E-state index contributed by atoms with van der Waals surface area (Å²) in [7, 11) is -1.21. The van der Waals surface area contributed by atoms with Gasteiger partial charge in [0.15, 0.2) is 6.61 Å². The summed E-state index contributed by atoms with van der Waals surface area (Å²) in [6.45, 7) is -1.50. The third-order valence-electron chi connectivity index (χ3n) is 3.71. The molecule has 7 nitrogen and oxygen atoms in total. The van der Waals surface area contributed by atoms with E-state index in [1.165, 1.54) is 62.7 Å². The van der Waals surface area contributed by atoms with E-state index in [0.29, 0.717) is 5.56 Å². The van der Waals surface area contributed by atoms with Gasteiger partial charge in [0, 0.05) is 6.08 Å². The zero-order valence-corrected chi connectivity index (χ0v) is 16.8. The largest absolute Gasteiger partial charge is 0.495 e. The Morgan fingerprint density at radius 3 is 2.47 bits per heavy atom. The summed E-state index contributed by atoms with van der Waals surface area (Å²) in [5.74, 6) is -0.656. The van der Waals surface area contributed by atoms with Crippen LogP contribution in [0.5, 0.6) is 11.5 Å². The Kier molecular flexibility index (Phi) is 7.46. The number of rotatable bonds is 8. The minimum absolute atomic E-state index is 0.0598. The highest BCUT2D eigenvalue weighted by molar-refractivity contribution is 7.89. The highest BCUT2D eigenvalue weighted by atomic mass is 32.2. The maximum Gasteiger partial charge on any atom is 0.422 e. The number of amides is 1. The molecule has 2 aromatic rings. The van der Waals surface area contributed by atoms with Gasteiger partial charge < -0.3 is 14.8 Å². The maximum atomic E-state index is 12.4. The molecule has 0 aliphatic carbocycles. The van der Waals surface area contributed by atoms with Gasteiger partial charge in [-0.3, -0.25) is 4.79 Å². The fourth-order valence-electron chi connectivity index (χ4n) is 2.32. The minimum atomic E-state index is -4.52. The van der Waals surface area contributed by atoms with Crippen LogP contribution in [0.1, 0.15) is 5.56 Å². The van der Waals surface area contributed by atoms with Crippen molar-refractivity contribution in [2.75, 3.05) is 26.1 Å². The highest BCUT2D eigenvalue weighted by Gasteiger charge is 2.28. The van der Waals surface area contributed by atoms with Crippen LogP contribution < -0.4 is 19.5 Å². The standard InChI is InChI=1S/C19H19F3N2O5S/c1-23-30(26,27)17-11-13(7-9-16(17)28-2)8-10-18(25)24-14-5-3-4-6-15(14)29-12-19(20,21)22/h3-11,23H,12H2,1-2H3,(H,24,25)/b10-8+. The summed E-state index contributed by atoms with van der Waals surface area (Å²) >= 11 is 0. The van der Waals surface area contributed by atoms with E-state index in [1.54, 1.807) is 0 Å². The lowest BCUT2D eigenvalue weighted by molar-refractivity contribution is -0.153. The Morgan fingerprint density at radius 2 is 1.83 bits per heavy atom. The average molecular weight is 444 g/mol. The predicted molar refractivity (Wildman–Crippen MR) is 105 cm³/mol. The quantitative estimate of drug-likeness (QED) is 0.610. The Morgan fingerprint density at radius 1 is 1.13 bits per heavy atom. The number of carbonyl (C=O) groups is 1. The summed E-state index contributed by atoms with van der Waals surface area (Å²) in [6.07, 6.45) is -2.06. The van der Waals surface area contributed by atoms with Crippen molar-refractivity contribution in [3.63, 3.8) is 0 Å². The molecule has 0 saturated heterocycles. The topological polar surface area (TPSA) is 93.7 Å². The first-order chi connectivity index (χ1) is 14.1. The van der Waals surface area contributed by atoms with Crippen molar-refractivity contribution in [1.82, 2.24) is 4.72 Å². The van der Waals surface area contributed by atoms with Crippen molar-refractivity contribution < 1.29 is 35.9 Å². The van der Waals surface area contributed by atoms with Crippen LogP contribution in [0.25, 0.3) is 6.08 Å². The second-order valence-electron chi connectivity index (χ2n) is 5.84. The summed E-state index contributed by atoms with van der Waals surface area (Å²) in [5.41, 5.74) is 0.450. The second-order valence-corrected chi connectivity index (χ2v) is 7.70. The molecule has 162 valence electrons. The summed E-state index contributed by atoms with van der Waals surface area (Å²) in [6, 6.07) is 9.97. The summed E-state index contributed by atoms with van der Waals surface area (Å²) in [5, 5.41) is 2.42. The first-order valence-corrected chi connectivity index (χ1v) is 9.93. The van der Waals surface area contributed by atoms with Gasteiger partial charge >= 0.3 is 6.18 Å². The lowest BCUT2D eigenvalue weighted by Crippen LogP contribution is -2.20. The Labute approximate surface area is 171 Å². The SMILES string of the molecule is CNS(=O)(=O)c1cc(/C=C/C(=O)Nc2ccccc2OCC(F)(F)F)ccc1OC. The molecule has 0 unspecified atom stereocenters. The van der Waals surface area contributed by atoms with Crippen LogP contribution in [0, 0.1) is 0 Å². The number of carbonyl (C=O) groups excluding carboxylic acids is 1. The first kappa shape index (κ1) is 23.2. The molecule has 1 amide bonds. The van der Waals surface area contributed by atoms with Gasteiger partial charge in [-0.1, -0.05) is 18.2 Å². The van der Waals surface area contributed by atoms with Crippen LogP contribution in [-0.2, 0) is 14.8 Å². The monoisotopic (exact) mass is 444 g/mol. The number of ether oxygens (including phenoxy) is 2. The molecule has 11 heteroatoms. The van der Waals surface area contributed by atoms with E-state index in [1.807, 2.05) is 0 Å². The van der Waals surface area contributed by atoms with Crippen molar-refractivity contribution in [3.8, 4) is 11.5 Å². The van der Waals surface area contributed by atoms with Gasteiger partial charge in [0.25, 0.3) is 0 Å². The number of hydrogen-bond acceptors (Lipinski definition) is 5. The molecule has 30 heavy (non-hydrogen) atoms. The Balaban J connectivity index is 2.17. The van der Waals surface area contributed by atoms with E-state index in [0.717, 1.165) is 6.08 Å². The zero-order valence-electron chi connectivity index (χ0n) is 16.0. The van der Waals surface area contributed by atoms with Crippen molar-refractivity contribution in [1.29, 1.82) is 0 Å². The van der Waals surface area contributed by atoms with Crippen molar-refractivity contribution in [2.24, 2.45) is 0 Å². The van der Waals surface area contributed by atoms with Crippen LogP contribution in [0.4, 0.5) is 18.9 Å². The van der Waals surface area contributed by atoms with Crippen molar-refractivity contribution in [2.45, 2.75) is 11.1 Å². The number of alkyl halides is 3. The summed E-state index contributed by atoms with van der Waals surface area (Å²) < 4.78 is 73.2. The van der Waals surface area contributed by atoms with E-state index in [2.05, 4.69) is 10.0 Å². The Hall–Kier alpha value is -3.05. The van der Waals surface area contributed by atoms with Gasteiger partial charge in [-0.15, -0.1) is 0 Å². The lowest BCUT2D eigenvalue weighted by atomic mass is 10.2. The molecule has 0 heterocycles. The van der Waals surface area contributed by atoms with Crippen LogP contribution in [-0.4, -0.2) is 41.3 Å². The van der Waals surface area contributed by atoms with Crippen LogP contribution in [0.3, 0.4) is 0 Å². The number of hydrogen-bond donors (Lipinski definition) is 2. The molecule has 0 aromatic heterocycles. The molecule has 2 N–H and O–H groups in total. The molecule has 2 aromatic carbocycles. The van der Waals surface area contributed by atoms with Gasteiger partial charge in [0.1, 0.15) is 16.4 Å². The van der Waals surface area contributed by atoms with Crippen molar-refractivity contribution >= 4 is 27.7 Å². The highest BCUT2D eigenvalue weighted by Crippen LogP contribution is 2.27. The zero-order chi connectivity index (χ0) is 22.4. The van der Waals surface area contributed by atoms with Gasteiger partial charge in [-0.25, -0.2) is 13.1 Å². The van der Waals surface area contributed by atoms with E-state index in [9.17, 15) is 26.4 Å². The van der Waals surface area contributed by atoms with Gasteiger partial charge in [-0.2, -0.15) is 13.2 Å². The average Bonchev–Trinajstić information content (AvgIpc) is 2.70. The smallest absolute Gasteiger partial charge is 0.422 e. The van der Waals surface area contributed by atoms with Crippen LogP contribution in [0.15, 0.2) is 53.4 Å². The molecule has 0 atom stereocenters. The molecule has 0 bridgehead atoms. The molecule has 0 saturated carbocycles. The number of halogens is 3.